The number of likely N-dealkylation sites (tertiary alicyclic amines) is 1. The maximum Gasteiger partial charge on any atom is 0.263 e. The number of thiophene rings is 1. The lowest BCUT2D eigenvalue weighted by molar-refractivity contribution is 0.0716. The molecule has 0 radical (unpaired) electrons. The summed E-state index contributed by atoms with van der Waals surface area (Å²) in [6.45, 7) is 9.33. The number of aryl methyl sites for hydroxylation is 1. The molecule has 0 spiro atoms. The zero-order valence-electron chi connectivity index (χ0n) is 19.0. The molecule has 4 heterocycles. The monoisotopic (exact) mass is 503 g/mol. The molecular formula is C23H26ClN5O2S2. The number of aromatic nitrogens is 3. The molecule has 1 saturated heterocycles. The SMILES string of the molecule is Cc1ccc(C(=O)Nc2nnc(C(C)(C)C)s2)c(C2CCN(C(=O)c3ccc(Cl)s3)CC2)n1. The molecule has 7 nitrogen and oxygen atoms in total. The van der Waals surface area contributed by atoms with Gasteiger partial charge in [-0.2, -0.15) is 0 Å². The minimum Gasteiger partial charge on any atom is -0.338 e. The molecular weight excluding hydrogens is 478 g/mol. The summed E-state index contributed by atoms with van der Waals surface area (Å²) in [5.41, 5.74) is 2.05. The number of piperidine rings is 1. The summed E-state index contributed by atoms with van der Waals surface area (Å²) in [4.78, 5) is 33.1. The summed E-state index contributed by atoms with van der Waals surface area (Å²) in [6.07, 6.45) is 1.49. The molecule has 0 atom stereocenters. The van der Waals surface area contributed by atoms with Crippen molar-refractivity contribution in [1.82, 2.24) is 20.1 Å². The second-order valence-corrected chi connectivity index (χ2v) is 11.9. The first-order chi connectivity index (χ1) is 15.6. The third-order valence-electron chi connectivity index (χ3n) is 5.55. The highest BCUT2D eigenvalue weighted by Crippen LogP contribution is 2.32. The summed E-state index contributed by atoms with van der Waals surface area (Å²) in [7, 11) is 0. The van der Waals surface area contributed by atoms with E-state index in [-0.39, 0.29) is 23.1 Å². The zero-order valence-corrected chi connectivity index (χ0v) is 21.4. The Labute approximate surface area is 206 Å². The topological polar surface area (TPSA) is 88.1 Å². The number of pyridine rings is 1. The lowest BCUT2D eigenvalue weighted by atomic mass is 9.89. The van der Waals surface area contributed by atoms with Gasteiger partial charge in [-0.15, -0.1) is 21.5 Å². The molecule has 0 aromatic carbocycles. The van der Waals surface area contributed by atoms with Crippen LogP contribution in [0.3, 0.4) is 0 Å². The fraction of sp³-hybridized carbons (Fsp3) is 0.435. The highest BCUT2D eigenvalue weighted by Gasteiger charge is 2.29. The zero-order chi connectivity index (χ0) is 23.8. The van der Waals surface area contributed by atoms with Crippen molar-refractivity contribution in [3.05, 3.63) is 55.4 Å². The summed E-state index contributed by atoms with van der Waals surface area (Å²) in [5, 5.41) is 12.6. The number of nitrogens with one attached hydrogen (secondary N) is 1. The molecule has 33 heavy (non-hydrogen) atoms. The van der Waals surface area contributed by atoms with Gasteiger partial charge in [-0.3, -0.25) is 19.9 Å². The third-order valence-corrected chi connectivity index (χ3v) is 8.03. The van der Waals surface area contributed by atoms with Gasteiger partial charge in [0.25, 0.3) is 11.8 Å². The van der Waals surface area contributed by atoms with Crippen molar-refractivity contribution < 1.29 is 9.59 Å². The van der Waals surface area contributed by atoms with Gasteiger partial charge in [0.2, 0.25) is 5.13 Å². The molecule has 1 N–H and O–H groups in total. The standard InChI is InChI=1S/C23H26ClN5O2S2/c1-13-5-6-15(19(30)26-22-28-27-21(33-22)23(2,3)4)18(25-13)14-9-11-29(12-10-14)20(31)16-7-8-17(24)32-16/h5-8,14H,9-12H2,1-4H3,(H,26,28,30). The maximum absolute atomic E-state index is 13.1. The van der Waals surface area contributed by atoms with Crippen LogP contribution >= 0.6 is 34.3 Å². The molecule has 174 valence electrons. The van der Waals surface area contributed by atoms with Crippen LogP contribution in [0.4, 0.5) is 5.13 Å². The Morgan fingerprint density at radius 2 is 1.82 bits per heavy atom. The van der Waals surface area contributed by atoms with Gasteiger partial charge in [0, 0.05) is 30.1 Å². The van der Waals surface area contributed by atoms with Crippen molar-refractivity contribution in [3.8, 4) is 0 Å². The summed E-state index contributed by atoms with van der Waals surface area (Å²) < 4.78 is 0.609. The van der Waals surface area contributed by atoms with E-state index in [1.54, 1.807) is 12.1 Å². The second-order valence-electron chi connectivity index (χ2n) is 9.17. The number of nitrogens with zero attached hydrogens (tertiary/aromatic N) is 4. The minimum absolute atomic E-state index is 0.00596. The van der Waals surface area contributed by atoms with E-state index in [0.29, 0.717) is 33.0 Å². The lowest BCUT2D eigenvalue weighted by Crippen LogP contribution is -2.38. The summed E-state index contributed by atoms with van der Waals surface area (Å²) in [6, 6.07) is 7.18. The molecule has 4 rings (SSSR count). The van der Waals surface area contributed by atoms with Crippen molar-refractivity contribution in [2.75, 3.05) is 18.4 Å². The van der Waals surface area contributed by atoms with E-state index in [1.165, 1.54) is 22.7 Å². The highest BCUT2D eigenvalue weighted by atomic mass is 35.5. The van der Waals surface area contributed by atoms with Crippen LogP contribution in [0.1, 0.15) is 76.0 Å². The van der Waals surface area contributed by atoms with Gasteiger partial charge in [-0.1, -0.05) is 43.7 Å². The molecule has 1 aliphatic heterocycles. The fourth-order valence-electron chi connectivity index (χ4n) is 3.76. The van der Waals surface area contributed by atoms with Gasteiger partial charge >= 0.3 is 0 Å². The normalized spacial score (nSPS) is 15.0. The predicted octanol–water partition coefficient (Wildman–Crippen LogP) is 5.53. The van der Waals surface area contributed by atoms with Crippen molar-refractivity contribution >= 4 is 51.2 Å². The fourth-order valence-corrected chi connectivity index (χ4v) is 5.57. The Kier molecular flexibility index (Phi) is 6.83. The maximum atomic E-state index is 13.1. The van der Waals surface area contributed by atoms with E-state index in [0.717, 1.165) is 29.2 Å². The number of rotatable bonds is 4. The second kappa shape index (κ2) is 9.48. The summed E-state index contributed by atoms with van der Waals surface area (Å²) in [5.74, 6) is -0.131. The van der Waals surface area contributed by atoms with E-state index >= 15 is 0 Å². The molecule has 0 bridgehead atoms. The number of anilines is 1. The minimum atomic E-state index is -0.235. The molecule has 2 amide bonds. The van der Waals surface area contributed by atoms with E-state index in [4.69, 9.17) is 16.6 Å². The van der Waals surface area contributed by atoms with Crippen molar-refractivity contribution in [1.29, 1.82) is 0 Å². The van der Waals surface area contributed by atoms with Gasteiger partial charge in [-0.05, 0) is 44.0 Å². The van der Waals surface area contributed by atoms with Crippen LogP contribution in [0, 0.1) is 6.92 Å². The number of hydrogen-bond acceptors (Lipinski definition) is 7. The van der Waals surface area contributed by atoms with Gasteiger partial charge in [0.15, 0.2) is 0 Å². The molecule has 1 aliphatic rings. The van der Waals surface area contributed by atoms with Crippen LogP contribution in [0.5, 0.6) is 0 Å². The Bertz CT molecular complexity index is 1180. The largest absolute Gasteiger partial charge is 0.338 e. The predicted molar refractivity (Wildman–Crippen MR) is 133 cm³/mol. The molecule has 10 heteroatoms. The van der Waals surface area contributed by atoms with E-state index < -0.39 is 0 Å². The summed E-state index contributed by atoms with van der Waals surface area (Å²) >= 11 is 8.67. The first kappa shape index (κ1) is 23.8. The number of amides is 2. The highest BCUT2D eigenvalue weighted by molar-refractivity contribution is 7.18. The Morgan fingerprint density at radius 1 is 1.09 bits per heavy atom. The smallest absolute Gasteiger partial charge is 0.263 e. The number of carbonyl (C=O) groups is 2. The Balaban J connectivity index is 1.48. The molecule has 3 aromatic rings. The third kappa shape index (κ3) is 5.42. The molecule has 0 saturated carbocycles. The van der Waals surface area contributed by atoms with Crippen molar-refractivity contribution in [2.24, 2.45) is 0 Å². The van der Waals surface area contributed by atoms with E-state index in [1.807, 2.05) is 24.0 Å². The van der Waals surface area contributed by atoms with Crippen LogP contribution in [-0.4, -0.2) is 45.0 Å². The quantitative estimate of drug-likeness (QED) is 0.506. The average molecular weight is 504 g/mol. The molecule has 1 fully saturated rings. The molecule has 0 aliphatic carbocycles. The van der Waals surface area contributed by atoms with E-state index in [2.05, 4.69) is 36.3 Å². The number of carbonyl (C=O) groups excluding carboxylic acids is 2. The average Bonchev–Trinajstić information content (AvgIpc) is 3.42. The number of hydrogen-bond donors (Lipinski definition) is 1. The first-order valence-corrected chi connectivity index (χ1v) is 12.8. The molecule has 0 unspecified atom stereocenters. The van der Waals surface area contributed by atoms with Crippen LogP contribution in [-0.2, 0) is 5.41 Å². The van der Waals surface area contributed by atoms with Crippen LogP contribution in [0.2, 0.25) is 4.34 Å². The van der Waals surface area contributed by atoms with Gasteiger partial charge < -0.3 is 4.90 Å². The lowest BCUT2D eigenvalue weighted by Gasteiger charge is -2.32. The number of halogens is 1. The van der Waals surface area contributed by atoms with Crippen molar-refractivity contribution in [2.45, 2.75) is 51.9 Å². The van der Waals surface area contributed by atoms with Crippen LogP contribution < -0.4 is 5.32 Å². The Morgan fingerprint density at radius 3 is 2.42 bits per heavy atom. The first-order valence-electron chi connectivity index (χ1n) is 10.8. The van der Waals surface area contributed by atoms with Gasteiger partial charge in [0.05, 0.1) is 20.5 Å². The molecule has 3 aromatic heterocycles. The van der Waals surface area contributed by atoms with Crippen LogP contribution in [0.25, 0.3) is 0 Å². The van der Waals surface area contributed by atoms with Gasteiger partial charge in [-0.25, -0.2) is 0 Å². The Hall–Kier alpha value is -2.36. The van der Waals surface area contributed by atoms with Crippen molar-refractivity contribution in [3.63, 3.8) is 0 Å². The van der Waals surface area contributed by atoms with Crippen LogP contribution in [0.15, 0.2) is 24.3 Å². The van der Waals surface area contributed by atoms with E-state index in [9.17, 15) is 9.59 Å². The van der Waals surface area contributed by atoms with Gasteiger partial charge in [0.1, 0.15) is 5.01 Å².